The van der Waals surface area contributed by atoms with E-state index in [4.69, 9.17) is 9.84 Å². The van der Waals surface area contributed by atoms with Crippen LogP contribution in [0.4, 0.5) is 5.69 Å². The minimum atomic E-state index is -0.856. The van der Waals surface area contributed by atoms with E-state index >= 15 is 0 Å². The SMILES string of the molecule is O=C(O)CCCN1C(=O)COc2ccc(Br)cc21. The average molecular weight is 314 g/mol. The molecule has 1 aliphatic rings. The van der Waals surface area contributed by atoms with E-state index in [0.717, 1.165) is 4.47 Å². The Morgan fingerprint density at radius 3 is 3.00 bits per heavy atom. The maximum absolute atomic E-state index is 11.8. The van der Waals surface area contributed by atoms with E-state index in [1.807, 2.05) is 6.07 Å². The summed E-state index contributed by atoms with van der Waals surface area (Å²) in [4.78, 5) is 23.8. The molecule has 96 valence electrons. The van der Waals surface area contributed by atoms with Crippen molar-refractivity contribution in [3.8, 4) is 5.75 Å². The third kappa shape index (κ3) is 2.81. The van der Waals surface area contributed by atoms with Crippen LogP contribution in [0.25, 0.3) is 0 Å². The zero-order chi connectivity index (χ0) is 13.1. The van der Waals surface area contributed by atoms with Crippen LogP contribution < -0.4 is 9.64 Å². The quantitative estimate of drug-likeness (QED) is 0.923. The van der Waals surface area contributed by atoms with Gasteiger partial charge in [0.2, 0.25) is 0 Å². The number of hydrogen-bond acceptors (Lipinski definition) is 3. The minimum Gasteiger partial charge on any atom is -0.482 e. The summed E-state index contributed by atoms with van der Waals surface area (Å²) >= 11 is 3.34. The molecule has 0 atom stereocenters. The number of hydrogen-bond donors (Lipinski definition) is 1. The lowest BCUT2D eigenvalue weighted by atomic mass is 10.2. The predicted octanol–water partition coefficient (Wildman–Crippen LogP) is 2.04. The second-order valence-electron chi connectivity index (χ2n) is 3.94. The molecule has 6 heteroatoms. The number of aliphatic carboxylic acids is 1. The number of nitrogens with zero attached hydrogens (tertiary/aromatic N) is 1. The van der Waals surface area contributed by atoms with E-state index in [9.17, 15) is 9.59 Å². The van der Waals surface area contributed by atoms with E-state index < -0.39 is 5.97 Å². The van der Waals surface area contributed by atoms with Crippen LogP contribution in [0.15, 0.2) is 22.7 Å². The molecule has 1 aromatic carbocycles. The molecular weight excluding hydrogens is 302 g/mol. The summed E-state index contributed by atoms with van der Waals surface area (Å²) in [6, 6.07) is 5.42. The summed E-state index contributed by atoms with van der Waals surface area (Å²) in [5, 5.41) is 8.61. The molecule has 1 heterocycles. The number of anilines is 1. The van der Waals surface area contributed by atoms with Gasteiger partial charge in [-0.05, 0) is 24.6 Å². The molecule has 5 nitrogen and oxygen atoms in total. The molecular formula is C12H12BrNO4. The van der Waals surface area contributed by atoms with Crippen LogP contribution in [0.3, 0.4) is 0 Å². The van der Waals surface area contributed by atoms with Gasteiger partial charge in [-0.15, -0.1) is 0 Å². The first kappa shape index (κ1) is 12.9. The van der Waals surface area contributed by atoms with Crippen LogP contribution in [0.1, 0.15) is 12.8 Å². The topological polar surface area (TPSA) is 66.8 Å². The van der Waals surface area contributed by atoms with Gasteiger partial charge in [-0.1, -0.05) is 15.9 Å². The van der Waals surface area contributed by atoms with E-state index in [-0.39, 0.29) is 18.9 Å². The van der Waals surface area contributed by atoms with Crippen LogP contribution in [0.2, 0.25) is 0 Å². The smallest absolute Gasteiger partial charge is 0.303 e. The molecule has 0 aliphatic carbocycles. The van der Waals surface area contributed by atoms with E-state index in [1.54, 1.807) is 17.0 Å². The summed E-state index contributed by atoms with van der Waals surface area (Å²) in [7, 11) is 0. The normalized spacial score (nSPS) is 14.1. The van der Waals surface area contributed by atoms with Gasteiger partial charge in [0.15, 0.2) is 6.61 Å². The average Bonchev–Trinajstić information content (AvgIpc) is 2.31. The molecule has 1 amide bonds. The van der Waals surface area contributed by atoms with Crippen molar-refractivity contribution in [2.24, 2.45) is 0 Å². The molecule has 0 spiro atoms. The molecule has 1 N–H and O–H groups in total. The lowest BCUT2D eigenvalue weighted by molar-refractivity contribution is -0.137. The fourth-order valence-corrected chi connectivity index (χ4v) is 2.16. The summed E-state index contributed by atoms with van der Waals surface area (Å²) < 4.78 is 6.17. The van der Waals surface area contributed by atoms with Crippen molar-refractivity contribution >= 4 is 33.5 Å². The van der Waals surface area contributed by atoms with Crippen molar-refractivity contribution in [1.29, 1.82) is 0 Å². The highest BCUT2D eigenvalue weighted by atomic mass is 79.9. The maximum atomic E-state index is 11.8. The van der Waals surface area contributed by atoms with Crippen LogP contribution in [-0.2, 0) is 9.59 Å². The van der Waals surface area contributed by atoms with Crippen molar-refractivity contribution in [2.75, 3.05) is 18.1 Å². The summed E-state index contributed by atoms with van der Waals surface area (Å²) in [5.41, 5.74) is 0.686. The fraction of sp³-hybridized carbons (Fsp3) is 0.333. The Hall–Kier alpha value is -1.56. The Balaban J connectivity index is 2.16. The lowest BCUT2D eigenvalue weighted by Crippen LogP contribution is -2.39. The Morgan fingerprint density at radius 2 is 2.28 bits per heavy atom. The Labute approximate surface area is 112 Å². The van der Waals surface area contributed by atoms with Gasteiger partial charge in [-0.2, -0.15) is 0 Å². The van der Waals surface area contributed by atoms with Crippen LogP contribution in [0.5, 0.6) is 5.75 Å². The Kier molecular flexibility index (Phi) is 3.86. The van der Waals surface area contributed by atoms with Crippen molar-refractivity contribution in [2.45, 2.75) is 12.8 Å². The minimum absolute atomic E-state index is 0.00169. The van der Waals surface area contributed by atoms with Crippen LogP contribution >= 0.6 is 15.9 Å². The van der Waals surface area contributed by atoms with E-state index in [2.05, 4.69) is 15.9 Å². The summed E-state index contributed by atoms with van der Waals surface area (Å²) in [6.45, 7) is 0.389. The number of benzene rings is 1. The highest BCUT2D eigenvalue weighted by molar-refractivity contribution is 9.10. The molecule has 0 fully saturated rings. The zero-order valence-electron chi connectivity index (χ0n) is 9.56. The fourth-order valence-electron chi connectivity index (χ4n) is 1.81. The predicted molar refractivity (Wildman–Crippen MR) is 68.9 cm³/mol. The first-order valence-electron chi connectivity index (χ1n) is 5.52. The molecule has 0 aromatic heterocycles. The number of fused-ring (bicyclic) bond motifs is 1. The van der Waals surface area contributed by atoms with E-state index in [0.29, 0.717) is 24.4 Å². The van der Waals surface area contributed by atoms with Gasteiger partial charge in [0.1, 0.15) is 5.75 Å². The van der Waals surface area contributed by atoms with Crippen molar-refractivity contribution in [3.63, 3.8) is 0 Å². The van der Waals surface area contributed by atoms with Crippen molar-refractivity contribution in [1.82, 2.24) is 0 Å². The standard InChI is InChI=1S/C12H12BrNO4/c13-8-3-4-10-9(6-8)14(11(15)7-18-10)5-1-2-12(16)17/h3-4,6H,1-2,5,7H2,(H,16,17). The van der Waals surface area contributed by atoms with Gasteiger partial charge in [0.05, 0.1) is 5.69 Å². The molecule has 2 rings (SSSR count). The molecule has 0 saturated carbocycles. The van der Waals surface area contributed by atoms with Gasteiger partial charge < -0.3 is 14.7 Å². The summed E-state index contributed by atoms with van der Waals surface area (Å²) in [6.07, 6.45) is 0.473. The molecule has 1 aliphatic heterocycles. The molecule has 18 heavy (non-hydrogen) atoms. The third-order valence-electron chi connectivity index (χ3n) is 2.64. The maximum Gasteiger partial charge on any atom is 0.303 e. The number of halogens is 1. The number of rotatable bonds is 4. The molecule has 1 aromatic rings. The largest absolute Gasteiger partial charge is 0.482 e. The monoisotopic (exact) mass is 313 g/mol. The first-order valence-corrected chi connectivity index (χ1v) is 6.32. The number of carboxylic acids is 1. The second kappa shape index (κ2) is 5.39. The van der Waals surface area contributed by atoms with Crippen molar-refractivity contribution in [3.05, 3.63) is 22.7 Å². The number of amides is 1. The molecule has 0 unspecified atom stereocenters. The molecule has 0 saturated heterocycles. The number of carbonyl (C=O) groups excluding carboxylic acids is 1. The van der Waals surface area contributed by atoms with Crippen LogP contribution in [-0.4, -0.2) is 30.1 Å². The van der Waals surface area contributed by atoms with Crippen LogP contribution in [0, 0.1) is 0 Å². The van der Waals surface area contributed by atoms with Gasteiger partial charge in [-0.25, -0.2) is 0 Å². The lowest BCUT2D eigenvalue weighted by Gasteiger charge is -2.29. The van der Waals surface area contributed by atoms with Gasteiger partial charge >= 0.3 is 5.97 Å². The van der Waals surface area contributed by atoms with Crippen molar-refractivity contribution < 1.29 is 19.4 Å². The first-order chi connectivity index (χ1) is 8.58. The molecule has 0 bridgehead atoms. The van der Waals surface area contributed by atoms with Gasteiger partial charge in [0.25, 0.3) is 5.91 Å². The number of carbonyl (C=O) groups is 2. The Bertz CT molecular complexity index is 489. The highest BCUT2D eigenvalue weighted by Crippen LogP contribution is 2.34. The highest BCUT2D eigenvalue weighted by Gasteiger charge is 2.25. The second-order valence-corrected chi connectivity index (χ2v) is 4.86. The number of ether oxygens (including phenoxy) is 1. The molecule has 0 radical (unpaired) electrons. The van der Waals surface area contributed by atoms with Gasteiger partial charge in [0, 0.05) is 17.4 Å². The number of carboxylic acid groups (broad SMARTS) is 1. The van der Waals surface area contributed by atoms with Gasteiger partial charge in [-0.3, -0.25) is 9.59 Å². The summed E-state index contributed by atoms with van der Waals surface area (Å²) in [5.74, 6) is -0.357. The zero-order valence-corrected chi connectivity index (χ0v) is 11.1. The third-order valence-corrected chi connectivity index (χ3v) is 3.13. The Morgan fingerprint density at radius 1 is 1.50 bits per heavy atom. The van der Waals surface area contributed by atoms with E-state index in [1.165, 1.54) is 0 Å².